The first kappa shape index (κ1) is 11.9. The summed E-state index contributed by atoms with van der Waals surface area (Å²) in [5, 5.41) is 0.130. The molecule has 0 unspecified atom stereocenters. The van der Waals surface area contributed by atoms with Crippen molar-refractivity contribution < 1.29 is 8.42 Å². The Labute approximate surface area is 100 Å². The quantitative estimate of drug-likeness (QED) is 0.803. The van der Waals surface area contributed by atoms with Crippen molar-refractivity contribution in [3.63, 3.8) is 0 Å². The van der Waals surface area contributed by atoms with E-state index in [-0.39, 0.29) is 10.2 Å². The number of hydrogen-bond donors (Lipinski definition) is 0. The second kappa shape index (κ2) is 4.01. The van der Waals surface area contributed by atoms with Crippen LogP contribution >= 0.6 is 11.6 Å². The van der Waals surface area contributed by atoms with Crippen LogP contribution in [0.1, 0.15) is 13.3 Å². The summed E-state index contributed by atoms with van der Waals surface area (Å²) < 4.78 is 27.3. The highest BCUT2D eigenvalue weighted by Crippen LogP contribution is 2.27. The van der Waals surface area contributed by atoms with Crippen molar-refractivity contribution in [2.75, 3.05) is 13.1 Å². The predicted molar refractivity (Wildman–Crippen MR) is 60.8 cm³/mol. The van der Waals surface area contributed by atoms with Crippen molar-refractivity contribution in [2.24, 2.45) is 13.0 Å². The average molecular weight is 264 g/mol. The van der Waals surface area contributed by atoms with Gasteiger partial charge in [0.25, 0.3) is 10.0 Å². The molecule has 1 fully saturated rings. The van der Waals surface area contributed by atoms with Gasteiger partial charge in [-0.2, -0.15) is 4.31 Å². The Bertz CT molecular complexity index is 497. The van der Waals surface area contributed by atoms with Crippen LogP contribution in [0.15, 0.2) is 11.4 Å². The normalized spacial score (nSPS) is 22.8. The van der Waals surface area contributed by atoms with Gasteiger partial charge in [0.2, 0.25) is 5.03 Å². The number of aryl methyl sites for hydroxylation is 1. The summed E-state index contributed by atoms with van der Waals surface area (Å²) in [4.78, 5) is 3.86. The first-order valence-corrected chi connectivity index (χ1v) is 6.91. The number of rotatable bonds is 2. The Balaban J connectivity index is 2.36. The molecule has 1 atom stereocenters. The fraction of sp³-hybridized carbons (Fsp3) is 0.667. The van der Waals surface area contributed by atoms with Crippen LogP contribution in [-0.2, 0) is 17.1 Å². The average Bonchev–Trinajstić information content (AvgIpc) is 2.76. The number of imidazole rings is 1. The van der Waals surface area contributed by atoms with Gasteiger partial charge in [0.1, 0.15) is 5.15 Å². The summed E-state index contributed by atoms with van der Waals surface area (Å²) in [6, 6.07) is 0. The highest BCUT2D eigenvalue weighted by atomic mass is 35.5. The van der Waals surface area contributed by atoms with Crippen LogP contribution in [0.3, 0.4) is 0 Å². The maximum absolute atomic E-state index is 12.2. The highest BCUT2D eigenvalue weighted by Gasteiger charge is 2.34. The summed E-state index contributed by atoms with van der Waals surface area (Å²) in [5.74, 6) is 0.400. The van der Waals surface area contributed by atoms with Crippen LogP contribution in [0, 0.1) is 5.92 Å². The lowest BCUT2D eigenvalue weighted by Crippen LogP contribution is -2.29. The molecule has 0 amide bonds. The minimum Gasteiger partial charge on any atom is -0.324 e. The first-order valence-electron chi connectivity index (χ1n) is 5.10. The fourth-order valence-electron chi connectivity index (χ4n) is 1.80. The number of halogens is 1. The van der Waals surface area contributed by atoms with E-state index in [4.69, 9.17) is 11.6 Å². The van der Waals surface area contributed by atoms with Crippen LogP contribution in [0.2, 0.25) is 5.15 Å². The van der Waals surface area contributed by atoms with Crippen molar-refractivity contribution in [1.29, 1.82) is 0 Å². The lowest BCUT2D eigenvalue weighted by Gasteiger charge is -2.14. The third-order valence-corrected chi connectivity index (χ3v) is 5.16. The number of hydrogen-bond acceptors (Lipinski definition) is 3. The number of nitrogens with zero attached hydrogens (tertiary/aromatic N) is 3. The van der Waals surface area contributed by atoms with Gasteiger partial charge in [-0.05, 0) is 12.3 Å². The van der Waals surface area contributed by atoms with E-state index in [9.17, 15) is 8.42 Å². The second-order valence-corrected chi connectivity index (χ2v) is 6.42. The minimum atomic E-state index is -3.51. The topological polar surface area (TPSA) is 55.2 Å². The number of sulfonamides is 1. The molecule has 16 heavy (non-hydrogen) atoms. The molecule has 0 bridgehead atoms. The monoisotopic (exact) mass is 263 g/mol. The third-order valence-electron chi connectivity index (χ3n) is 2.81. The van der Waals surface area contributed by atoms with Gasteiger partial charge in [-0.15, -0.1) is 0 Å². The largest absolute Gasteiger partial charge is 0.324 e. The summed E-state index contributed by atoms with van der Waals surface area (Å²) in [7, 11) is -1.84. The molecule has 0 saturated carbocycles. The standard InChI is InChI=1S/C9H14ClN3O2S/c1-7-3-4-13(5-7)16(14,15)9-8(10)12(2)6-11-9/h6-7H,3-5H2,1-2H3/t7-/m1/s1. The molecule has 1 aliphatic heterocycles. The molecule has 7 heteroatoms. The van der Waals surface area contributed by atoms with Crippen LogP contribution in [-0.4, -0.2) is 35.4 Å². The van der Waals surface area contributed by atoms with E-state index in [1.54, 1.807) is 7.05 Å². The van der Waals surface area contributed by atoms with E-state index in [0.29, 0.717) is 19.0 Å². The van der Waals surface area contributed by atoms with Gasteiger partial charge in [0, 0.05) is 20.1 Å². The first-order chi connectivity index (χ1) is 7.43. The molecule has 0 N–H and O–H groups in total. The van der Waals surface area contributed by atoms with E-state index in [1.165, 1.54) is 15.2 Å². The molecule has 90 valence electrons. The molecule has 1 aromatic rings. The molecule has 0 aliphatic carbocycles. The summed E-state index contributed by atoms with van der Waals surface area (Å²) in [5.41, 5.74) is 0. The summed E-state index contributed by atoms with van der Waals surface area (Å²) in [6.45, 7) is 3.14. The number of aromatic nitrogens is 2. The third kappa shape index (κ3) is 1.85. The molecule has 1 aromatic heterocycles. The lowest BCUT2D eigenvalue weighted by molar-refractivity contribution is 0.462. The van der Waals surface area contributed by atoms with Gasteiger partial charge >= 0.3 is 0 Å². The van der Waals surface area contributed by atoms with E-state index in [2.05, 4.69) is 4.98 Å². The smallest absolute Gasteiger partial charge is 0.263 e. The zero-order valence-electron chi connectivity index (χ0n) is 9.22. The molecule has 2 rings (SSSR count). The molecule has 5 nitrogen and oxygen atoms in total. The van der Waals surface area contributed by atoms with Gasteiger partial charge in [0.05, 0.1) is 6.33 Å². The Morgan fingerprint density at radius 1 is 1.56 bits per heavy atom. The Morgan fingerprint density at radius 3 is 2.69 bits per heavy atom. The van der Waals surface area contributed by atoms with Gasteiger partial charge in [-0.25, -0.2) is 13.4 Å². The summed E-state index contributed by atoms with van der Waals surface area (Å²) in [6.07, 6.45) is 2.30. The Hall–Kier alpha value is -0.590. The van der Waals surface area contributed by atoms with Crippen molar-refractivity contribution in [1.82, 2.24) is 13.9 Å². The van der Waals surface area contributed by atoms with Crippen molar-refractivity contribution in [3.05, 3.63) is 11.5 Å². The predicted octanol–water partition coefficient (Wildman–Crippen LogP) is 1.10. The zero-order chi connectivity index (χ0) is 11.9. The molecule has 1 aliphatic rings. The molecule has 0 aromatic carbocycles. The molecule has 2 heterocycles. The van der Waals surface area contributed by atoms with Gasteiger partial charge in [-0.3, -0.25) is 0 Å². The summed E-state index contributed by atoms with van der Waals surface area (Å²) >= 11 is 5.90. The lowest BCUT2D eigenvalue weighted by atomic mass is 10.2. The molecule has 0 radical (unpaired) electrons. The van der Waals surface area contributed by atoms with Crippen LogP contribution in [0.4, 0.5) is 0 Å². The maximum atomic E-state index is 12.2. The molecular formula is C9H14ClN3O2S. The van der Waals surface area contributed by atoms with E-state index in [0.717, 1.165) is 6.42 Å². The van der Waals surface area contributed by atoms with Crippen molar-refractivity contribution in [3.8, 4) is 0 Å². The van der Waals surface area contributed by atoms with Crippen LogP contribution in [0.25, 0.3) is 0 Å². The van der Waals surface area contributed by atoms with Crippen molar-refractivity contribution in [2.45, 2.75) is 18.4 Å². The Kier molecular flexibility index (Phi) is 2.98. The zero-order valence-corrected chi connectivity index (χ0v) is 10.8. The molecular weight excluding hydrogens is 250 g/mol. The van der Waals surface area contributed by atoms with E-state index < -0.39 is 10.0 Å². The molecule has 1 saturated heterocycles. The van der Waals surface area contributed by atoms with Crippen LogP contribution < -0.4 is 0 Å². The van der Waals surface area contributed by atoms with Gasteiger partial charge in [-0.1, -0.05) is 18.5 Å². The van der Waals surface area contributed by atoms with Gasteiger partial charge in [0.15, 0.2) is 0 Å². The van der Waals surface area contributed by atoms with E-state index >= 15 is 0 Å². The second-order valence-electron chi connectivity index (χ2n) is 4.21. The fourth-order valence-corrected chi connectivity index (χ4v) is 3.77. The van der Waals surface area contributed by atoms with E-state index in [1.807, 2.05) is 6.92 Å². The van der Waals surface area contributed by atoms with Gasteiger partial charge < -0.3 is 4.57 Å². The SMILES string of the molecule is C[C@@H]1CCN(S(=O)(=O)c2ncn(C)c2Cl)C1. The van der Waals surface area contributed by atoms with Crippen molar-refractivity contribution >= 4 is 21.6 Å². The highest BCUT2D eigenvalue weighted by molar-refractivity contribution is 7.89. The minimum absolute atomic E-state index is 0.0363. The van der Waals surface area contributed by atoms with Crippen LogP contribution in [0.5, 0.6) is 0 Å². The Morgan fingerprint density at radius 2 is 2.25 bits per heavy atom. The maximum Gasteiger partial charge on any atom is 0.263 e. The molecule has 0 spiro atoms.